The number of nitrogens with one attached hydrogen (secondary N) is 1. The van der Waals surface area contributed by atoms with Crippen molar-refractivity contribution in [3.8, 4) is 0 Å². The Kier molecular flexibility index (Phi) is 3.22. The molecular formula is C12H17NOS. The van der Waals surface area contributed by atoms with Crippen molar-refractivity contribution in [2.45, 2.75) is 30.8 Å². The van der Waals surface area contributed by atoms with Crippen molar-refractivity contribution in [3.63, 3.8) is 0 Å². The molecule has 0 heterocycles. The van der Waals surface area contributed by atoms with Gasteiger partial charge in [-0.3, -0.25) is 4.21 Å². The quantitative estimate of drug-likeness (QED) is 0.845. The van der Waals surface area contributed by atoms with E-state index >= 15 is 0 Å². The van der Waals surface area contributed by atoms with E-state index in [9.17, 15) is 4.21 Å². The van der Waals surface area contributed by atoms with Crippen LogP contribution in [-0.2, 0) is 17.3 Å². The van der Waals surface area contributed by atoms with E-state index in [-0.39, 0.29) is 0 Å². The van der Waals surface area contributed by atoms with Crippen LogP contribution in [0.3, 0.4) is 0 Å². The molecule has 0 bridgehead atoms. The van der Waals surface area contributed by atoms with Crippen LogP contribution in [0.4, 0.5) is 0 Å². The molecule has 3 unspecified atom stereocenters. The second kappa shape index (κ2) is 4.45. The van der Waals surface area contributed by atoms with Gasteiger partial charge in [0.1, 0.15) is 0 Å². The zero-order valence-electron chi connectivity index (χ0n) is 9.19. The average Bonchev–Trinajstić information content (AvgIpc) is 2.92. The Bertz CT molecular complexity index is 360. The van der Waals surface area contributed by atoms with Crippen LogP contribution in [0.5, 0.6) is 0 Å². The molecule has 2 nitrogen and oxygen atoms in total. The molecule has 0 spiro atoms. The molecule has 2 rings (SSSR count). The minimum atomic E-state index is -0.864. The van der Waals surface area contributed by atoms with Gasteiger partial charge in [-0.15, -0.1) is 0 Å². The molecule has 0 radical (unpaired) electrons. The third-order valence-electron chi connectivity index (χ3n) is 2.93. The van der Waals surface area contributed by atoms with Crippen LogP contribution < -0.4 is 5.32 Å². The molecule has 1 saturated carbocycles. The van der Waals surface area contributed by atoms with E-state index in [2.05, 4.69) is 24.4 Å². The summed E-state index contributed by atoms with van der Waals surface area (Å²) < 4.78 is 11.2. The summed E-state index contributed by atoms with van der Waals surface area (Å²) in [5, 5.41) is 3.50. The zero-order chi connectivity index (χ0) is 10.8. The van der Waals surface area contributed by atoms with Crippen molar-refractivity contribution in [1.82, 2.24) is 5.32 Å². The highest BCUT2D eigenvalue weighted by Gasteiger charge is 2.31. The van der Waals surface area contributed by atoms with E-state index in [0.29, 0.717) is 6.04 Å². The SMILES string of the molecule is CC1CC1NCc1ccc(S(C)=O)cc1. The van der Waals surface area contributed by atoms with E-state index in [1.165, 1.54) is 12.0 Å². The van der Waals surface area contributed by atoms with Gasteiger partial charge in [-0.1, -0.05) is 19.1 Å². The maximum Gasteiger partial charge on any atom is 0.0498 e. The van der Waals surface area contributed by atoms with E-state index in [4.69, 9.17) is 0 Å². The largest absolute Gasteiger partial charge is 0.310 e. The minimum absolute atomic E-state index is 0.713. The first-order valence-electron chi connectivity index (χ1n) is 5.32. The molecule has 1 aliphatic rings. The summed E-state index contributed by atoms with van der Waals surface area (Å²) in [5.41, 5.74) is 1.27. The van der Waals surface area contributed by atoms with Crippen LogP contribution in [0.1, 0.15) is 18.9 Å². The van der Waals surface area contributed by atoms with Crippen molar-refractivity contribution < 1.29 is 4.21 Å². The molecule has 3 heteroatoms. The molecule has 3 atom stereocenters. The monoisotopic (exact) mass is 223 g/mol. The van der Waals surface area contributed by atoms with Crippen molar-refractivity contribution in [1.29, 1.82) is 0 Å². The minimum Gasteiger partial charge on any atom is -0.310 e. The number of hydrogen-bond donors (Lipinski definition) is 1. The zero-order valence-corrected chi connectivity index (χ0v) is 10.0. The smallest absolute Gasteiger partial charge is 0.0498 e. The number of rotatable bonds is 4. The summed E-state index contributed by atoms with van der Waals surface area (Å²) in [5.74, 6) is 0.840. The van der Waals surface area contributed by atoms with Gasteiger partial charge in [-0.25, -0.2) is 0 Å². The lowest BCUT2D eigenvalue weighted by Crippen LogP contribution is -2.16. The van der Waals surface area contributed by atoms with Crippen LogP contribution in [0.25, 0.3) is 0 Å². The van der Waals surface area contributed by atoms with Crippen molar-refractivity contribution >= 4 is 10.8 Å². The molecule has 15 heavy (non-hydrogen) atoms. The van der Waals surface area contributed by atoms with Crippen LogP contribution in [-0.4, -0.2) is 16.5 Å². The number of benzene rings is 1. The van der Waals surface area contributed by atoms with Gasteiger partial charge in [0.05, 0.1) is 0 Å². The van der Waals surface area contributed by atoms with Crippen LogP contribution in [0.15, 0.2) is 29.2 Å². The average molecular weight is 223 g/mol. The van der Waals surface area contributed by atoms with Gasteiger partial charge in [-0.05, 0) is 30.0 Å². The first kappa shape index (κ1) is 10.8. The van der Waals surface area contributed by atoms with Crippen molar-refractivity contribution in [2.24, 2.45) is 5.92 Å². The fraction of sp³-hybridized carbons (Fsp3) is 0.500. The Hall–Kier alpha value is -0.670. The van der Waals surface area contributed by atoms with Gasteiger partial charge in [-0.2, -0.15) is 0 Å². The van der Waals surface area contributed by atoms with Gasteiger partial charge < -0.3 is 5.32 Å². The lowest BCUT2D eigenvalue weighted by atomic mass is 10.2. The highest BCUT2D eigenvalue weighted by atomic mass is 32.2. The lowest BCUT2D eigenvalue weighted by Gasteiger charge is -2.04. The Morgan fingerprint density at radius 1 is 1.40 bits per heavy atom. The molecular weight excluding hydrogens is 206 g/mol. The third-order valence-corrected chi connectivity index (χ3v) is 3.87. The first-order chi connectivity index (χ1) is 7.16. The second-order valence-corrected chi connectivity index (χ2v) is 5.68. The molecule has 0 aromatic heterocycles. The van der Waals surface area contributed by atoms with Crippen LogP contribution >= 0.6 is 0 Å². The van der Waals surface area contributed by atoms with E-state index in [1.54, 1.807) is 6.26 Å². The van der Waals surface area contributed by atoms with Gasteiger partial charge in [0, 0.05) is 34.5 Å². The summed E-state index contributed by atoms with van der Waals surface area (Å²) in [6.45, 7) is 3.19. The van der Waals surface area contributed by atoms with Gasteiger partial charge in [0.15, 0.2) is 0 Å². The molecule has 1 N–H and O–H groups in total. The molecule has 0 saturated heterocycles. The molecule has 1 fully saturated rings. The van der Waals surface area contributed by atoms with Gasteiger partial charge >= 0.3 is 0 Å². The molecule has 0 aliphatic heterocycles. The van der Waals surface area contributed by atoms with E-state index in [0.717, 1.165) is 17.4 Å². The highest BCUT2D eigenvalue weighted by molar-refractivity contribution is 7.84. The fourth-order valence-corrected chi connectivity index (χ4v) is 2.17. The molecule has 1 aliphatic carbocycles. The van der Waals surface area contributed by atoms with Crippen LogP contribution in [0.2, 0.25) is 0 Å². The Morgan fingerprint density at radius 2 is 2.00 bits per heavy atom. The van der Waals surface area contributed by atoms with E-state index in [1.807, 2.05) is 12.1 Å². The van der Waals surface area contributed by atoms with Crippen molar-refractivity contribution in [3.05, 3.63) is 29.8 Å². The third kappa shape index (κ3) is 2.89. The maximum absolute atomic E-state index is 11.2. The standard InChI is InChI=1S/C12H17NOS/c1-9-7-12(9)13-8-10-3-5-11(6-4-10)15(2)14/h3-6,9,12-13H,7-8H2,1-2H3. The van der Waals surface area contributed by atoms with Crippen LogP contribution in [0, 0.1) is 5.92 Å². The Labute approximate surface area is 93.5 Å². The summed E-state index contributed by atoms with van der Waals surface area (Å²) in [6.07, 6.45) is 3.01. The summed E-state index contributed by atoms with van der Waals surface area (Å²) in [4.78, 5) is 0.901. The number of hydrogen-bond acceptors (Lipinski definition) is 2. The predicted molar refractivity (Wildman–Crippen MR) is 63.2 cm³/mol. The first-order valence-corrected chi connectivity index (χ1v) is 6.88. The highest BCUT2D eigenvalue weighted by Crippen LogP contribution is 2.29. The molecule has 1 aromatic rings. The maximum atomic E-state index is 11.2. The normalized spacial score (nSPS) is 26.3. The second-order valence-electron chi connectivity index (χ2n) is 4.30. The summed E-state index contributed by atoms with van der Waals surface area (Å²) in [6, 6.07) is 8.71. The summed E-state index contributed by atoms with van der Waals surface area (Å²) >= 11 is 0. The Morgan fingerprint density at radius 3 is 2.47 bits per heavy atom. The molecule has 0 amide bonds. The fourth-order valence-electron chi connectivity index (χ4n) is 1.65. The summed E-state index contributed by atoms with van der Waals surface area (Å²) in [7, 11) is -0.864. The molecule has 82 valence electrons. The van der Waals surface area contributed by atoms with Gasteiger partial charge in [0.25, 0.3) is 0 Å². The lowest BCUT2D eigenvalue weighted by molar-refractivity contribution is 0.652. The molecule has 1 aromatic carbocycles. The van der Waals surface area contributed by atoms with Crippen molar-refractivity contribution in [2.75, 3.05) is 6.26 Å². The topological polar surface area (TPSA) is 29.1 Å². The predicted octanol–water partition coefficient (Wildman–Crippen LogP) is 1.92. The van der Waals surface area contributed by atoms with Gasteiger partial charge in [0.2, 0.25) is 0 Å². The Balaban J connectivity index is 1.89. The van der Waals surface area contributed by atoms with E-state index < -0.39 is 10.8 Å².